The van der Waals surface area contributed by atoms with E-state index >= 15 is 0 Å². The Labute approximate surface area is 93.5 Å². The molecule has 0 bridgehead atoms. The molecule has 1 unspecified atom stereocenters. The fourth-order valence-electron chi connectivity index (χ4n) is 1.30. The smallest absolute Gasteiger partial charge is 0.107 e. The molecular formula is C14H22O. The predicted octanol–water partition coefficient (Wildman–Crippen LogP) is 4.02. The summed E-state index contributed by atoms with van der Waals surface area (Å²) in [6.45, 7) is 9.44. The molecule has 1 fully saturated rings. The Bertz CT molecular complexity index is 286. The highest BCUT2D eigenvalue weighted by Crippen LogP contribution is 2.27. The van der Waals surface area contributed by atoms with Crippen LogP contribution < -0.4 is 0 Å². The molecule has 1 heteroatoms. The third kappa shape index (κ3) is 5.58. The Morgan fingerprint density at radius 1 is 1.33 bits per heavy atom. The summed E-state index contributed by atoms with van der Waals surface area (Å²) >= 11 is 0. The van der Waals surface area contributed by atoms with Gasteiger partial charge in [-0.25, -0.2) is 0 Å². The number of allylic oxidation sites excluding steroid dienone is 5. The zero-order chi connectivity index (χ0) is 11.3. The quantitative estimate of drug-likeness (QED) is 0.376. The zero-order valence-corrected chi connectivity index (χ0v) is 10.3. The minimum Gasteiger partial charge on any atom is -0.365 e. The van der Waals surface area contributed by atoms with Crippen LogP contribution in [0.4, 0.5) is 0 Å². The number of rotatable bonds is 5. The van der Waals surface area contributed by atoms with E-state index in [2.05, 4.69) is 52.0 Å². The van der Waals surface area contributed by atoms with Crippen LogP contribution in [-0.4, -0.2) is 12.2 Å². The largest absolute Gasteiger partial charge is 0.365 e. The highest BCUT2D eigenvalue weighted by atomic mass is 16.6. The lowest BCUT2D eigenvalue weighted by atomic mass is 10.1. The maximum Gasteiger partial charge on any atom is 0.107 e. The van der Waals surface area contributed by atoms with Crippen LogP contribution in [0.1, 0.15) is 40.5 Å². The molecule has 0 aromatic heterocycles. The molecular weight excluding hydrogens is 184 g/mol. The molecule has 1 atom stereocenters. The summed E-state index contributed by atoms with van der Waals surface area (Å²) in [5, 5.41) is 0. The van der Waals surface area contributed by atoms with E-state index in [1.54, 1.807) is 0 Å². The first kappa shape index (κ1) is 12.3. The summed E-state index contributed by atoms with van der Waals surface area (Å²) in [6, 6.07) is 0. The van der Waals surface area contributed by atoms with Crippen molar-refractivity contribution in [3.8, 4) is 0 Å². The molecule has 0 aromatic rings. The van der Waals surface area contributed by atoms with Gasteiger partial charge in [0.15, 0.2) is 0 Å². The van der Waals surface area contributed by atoms with Gasteiger partial charge in [-0.15, -0.1) is 0 Å². The van der Waals surface area contributed by atoms with Gasteiger partial charge in [0.25, 0.3) is 0 Å². The SMILES string of the molecule is CC(C)=CCCC(C)=CC=CC1(C)CO1. The fraction of sp³-hybridized carbons (Fsp3) is 0.571. The molecule has 1 nitrogen and oxygen atoms in total. The molecule has 1 saturated heterocycles. The number of hydrogen-bond donors (Lipinski definition) is 0. The predicted molar refractivity (Wildman–Crippen MR) is 65.9 cm³/mol. The van der Waals surface area contributed by atoms with Gasteiger partial charge in [0.2, 0.25) is 0 Å². The van der Waals surface area contributed by atoms with E-state index in [-0.39, 0.29) is 5.60 Å². The van der Waals surface area contributed by atoms with E-state index in [0.717, 1.165) is 19.4 Å². The van der Waals surface area contributed by atoms with Crippen molar-refractivity contribution in [3.05, 3.63) is 35.5 Å². The number of epoxide rings is 1. The molecule has 84 valence electrons. The maximum atomic E-state index is 5.26. The van der Waals surface area contributed by atoms with Crippen LogP contribution in [0.2, 0.25) is 0 Å². The average molecular weight is 206 g/mol. The minimum absolute atomic E-state index is 0.0384. The standard InChI is InChI=1S/C14H22O/c1-12(2)7-5-8-13(3)9-6-10-14(4)11-15-14/h6-7,9-10H,5,8,11H2,1-4H3. The maximum absolute atomic E-state index is 5.26. The van der Waals surface area contributed by atoms with Crippen LogP contribution in [-0.2, 0) is 4.74 Å². The topological polar surface area (TPSA) is 12.5 Å². The molecule has 0 N–H and O–H groups in total. The second-order valence-electron chi connectivity index (χ2n) is 4.79. The molecule has 1 heterocycles. The van der Waals surface area contributed by atoms with E-state index in [0.29, 0.717) is 0 Å². The van der Waals surface area contributed by atoms with Gasteiger partial charge in [0.1, 0.15) is 5.60 Å². The lowest BCUT2D eigenvalue weighted by molar-refractivity contribution is 0.370. The van der Waals surface area contributed by atoms with Crippen LogP contribution in [0.3, 0.4) is 0 Å². The number of ether oxygens (including phenoxy) is 1. The van der Waals surface area contributed by atoms with E-state index in [1.807, 2.05) is 0 Å². The van der Waals surface area contributed by atoms with Gasteiger partial charge in [-0.3, -0.25) is 0 Å². The zero-order valence-electron chi connectivity index (χ0n) is 10.3. The summed E-state index contributed by atoms with van der Waals surface area (Å²) in [5.74, 6) is 0. The Morgan fingerprint density at radius 3 is 2.53 bits per heavy atom. The lowest BCUT2D eigenvalue weighted by Gasteiger charge is -1.97. The van der Waals surface area contributed by atoms with Gasteiger partial charge >= 0.3 is 0 Å². The van der Waals surface area contributed by atoms with Gasteiger partial charge in [0, 0.05) is 0 Å². The third-order valence-corrected chi connectivity index (χ3v) is 2.52. The summed E-state index contributed by atoms with van der Waals surface area (Å²) in [6.07, 6.45) is 11.0. The molecule has 1 aliphatic heterocycles. The highest BCUT2D eigenvalue weighted by molar-refractivity contribution is 5.17. The second kappa shape index (κ2) is 5.32. The van der Waals surface area contributed by atoms with Crippen molar-refractivity contribution in [1.29, 1.82) is 0 Å². The van der Waals surface area contributed by atoms with Crippen molar-refractivity contribution in [1.82, 2.24) is 0 Å². The van der Waals surface area contributed by atoms with Crippen LogP contribution >= 0.6 is 0 Å². The highest BCUT2D eigenvalue weighted by Gasteiger charge is 2.35. The number of hydrogen-bond acceptors (Lipinski definition) is 1. The average Bonchev–Trinajstić information content (AvgIpc) is 2.83. The van der Waals surface area contributed by atoms with Gasteiger partial charge in [-0.05, 0) is 40.5 Å². The Kier molecular flexibility index (Phi) is 4.34. The molecule has 0 amide bonds. The molecule has 0 saturated carbocycles. The van der Waals surface area contributed by atoms with Crippen LogP contribution in [0.5, 0.6) is 0 Å². The lowest BCUT2D eigenvalue weighted by Crippen LogP contribution is -1.95. The first-order valence-corrected chi connectivity index (χ1v) is 5.64. The van der Waals surface area contributed by atoms with Gasteiger partial charge in [-0.1, -0.05) is 35.5 Å². The molecule has 15 heavy (non-hydrogen) atoms. The molecule has 0 aromatic carbocycles. The molecule has 0 radical (unpaired) electrons. The molecule has 1 aliphatic rings. The Hall–Kier alpha value is -0.820. The van der Waals surface area contributed by atoms with Crippen molar-refractivity contribution >= 4 is 0 Å². The van der Waals surface area contributed by atoms with Crippen molar-refractivity contribution in [2.75, 3.05) is 6.61 Å². The van der Waals surface area contributed by atoms with E-state index in [1.165, 1.54) is 11.1 Å². The van der Waals surface area contributed by atoms with E-state index < -0.39 is 0 Å². The summed E-state index contributed by atoms with van der Waals surface area (Å²) in [5.41, 5.74) is 2.86. The molecule has 1 rings (SSSR count). The monoisotopic (exact) mass is 206 g/mol. The van der Waals surface area contributed by atoms with Crippen molar-refractivity contribution in [3.63, 3.8) is 0 Å². The van der Waals surface area contributed by atoms with Crippen molar-refractivity contribution in [2.24, 2.45) is 0 Å². The molecule has 0 spiro atoms. The summed E-state index contributed by atoms with van der Waals surface area (Å²) in [4.78, 5) is 0. The van der Waals surface area contributed by atoms with Gasteiger partial charge < -0.3 is 4.74 Å². The van der Waals surface area contributed by atoms with E-state index in [9.17, 15) is 0 Å². The van der Waals surface area contributed by atoms with Crippen molar-refractivity contribution in [2.45, 2.75) is 46.1 Å². The Morgan fingerprint density at radius 2 is 2.00 bits per heavy atom. The molecule has 0 aliphatic carbocycles. The first-order chi connectivity index (χ1) is 7.02. The fourth-order valence-corrected chi connectivity index (χ4v) is 1.30. The third-order valence-electron chi connectivity index (χ3n) is 2.52. The second-order valence-corrected chi connectivity index (χ2v) is 4.79. The Balaban J connectivity index is 2.27. The minimum atomic E-state index is 0.0384. The van der Waals surface area contributed by atoms with E-state index in [4.69, 9.17) is 4.74 Å². The van der Waals surface area contributed by atoms with Crippen LogP contribution in [0.15, 0.2) is 35.5 Å². The summed E-state index contributed by atoms with van der Waals surface area (Å²) < 4.78 is 5.26. The first-order valence-electron chi connectivity index (χ1n) is 5.64. The van der Waals surface area contributed by atoms with Gasteiger partial charge in [-0.2, -0.15) is 0 Å². The van der Waals surface area contributed by atoms with Crippen LogP contribution in [0.25, 0.3) is 0 Å². The van der Waals surface area contributed by atoms with Gasteiger partial charge in [0.05, 0.1) is 6.61 Å². The van der Waals surface area contributed by atoms with Crippen LogP contribution in [0, 0.1) is 0 Å². The normalized spacial score (nSPS) is 25.7. The summed E-state index contributed by atoms with van der Waals surface area (Å²) in [7, 11) is 0. The van der Waals surface area contributed by atoms with Crippen molar-refractivity contribution < 1.29 is 4.74 Å².